The van der Waals surface area contributed by atoms with Crippen molar-refractivity contribution in [2.45, 2.75) is 38.1 Å². The van der Waals surface area contributed by atoms with E-state index in [1.165, 1.54) is 0 Å². The lowest BCUT2D eigenvalue weighted by molar-refractivity contribution is 0.446. The van der Waals surface area contributed by atoms with Gasteiger partial charge in [-0.15, -0.1) is 0 Å². The molecule has 0 radical (unpaired) electrons. The zero-order valence-electron chi connectivity index (χ0n) is 11.6. The van der Waals surface area contributed by atoms with Gasteiger partial charge in [0.15, 0.2) is 0 Å². The predicted octanol–water partition coefficient (Wildman–Crippen LogP) is 2.20. The van der Waals surface area contributed by atoms with Crippen LogP contribution in [0.3, 0.4) is 0 Å². The molecular formula is C14H20N2O2S. The van der Waals surface area contributed by atoms with Crippen molar-refractivity contribution in [2.75, 3.05) is 6.54 Å². The van der Waals surface area contributed by atoms with Gasteiger partial charge in [-0.2, -0.15) is 12.8 Å². The summed E-state index contributed by atoms with van der Waals surface area (Å²) in [5, 5.41) is 3.39. The van der Waals surface area contributed by atoms with E-state index >= 15 is 0 Å². The zero-order chi connectivity index (χ0) is 14.0. The maximum Gasteiger partial charge on any atom is 0.283 e. The van der Waals surface area contributed by atoms with Crippen LogP contribution in [0.1, 0.15) is 32.8 Å². The van der Waals surface area contributed by atoms with E-state index in [0.717, 1.165) is 18.5 Å². The summed E-state index contributed by atoms with van der Waals surface area (Å²) in [5.41, 5.74) is 1.44. The van der Waals surface area contributed by atoms with Crippen molar-refractivity contribution < 1.29 is 8.42 Å². The summed E-state index contributed by atoms with van der Waals surface area (Å²) in [5.74, 6) is 0.0726. The van der Waals surface area contributed by atoms with E-state index in [9.17, 15) is 8.42 Å². The smallest absolute Gasteiger partial charge is 0.283 e. The molecule has 4 nitrogen and oxygen atoms in total. The minimum atomic E-state index is -3.50. The molecule has 0 bridgehead atoms. The summed E-state index contributed by atoms with van der Waals surface area (Å²) in [7, 11) is -3.50. The first kappa shape index (κ1) is 14.2. The summed E-state index contributed by atoms with van der Waals surface area (Å²) in [6.45, 7) is 7.05. The number of hydrogen-bond acceptors (Lipinski definition) is 3. The fraction of sp³-hybridized carbons (Fsp3) is 0.500. The lowest BCUT2D eigenvalue weighted by Gasteiger charge is -2.23. The summed E-state index contributed by atoms with van der Waals surface area (Å²) in [6.07, 6.45) is 0.941. The van der Waals surface area contributed by atoms with Gasteiger partial charge in [0, 0.05) is 17.5 Å². The highest BCUT2D eigenvalue weighted by Gasteiger charge is 2.33. The normalized spacial score (nSPS) is 19.6. The molecular weight excluding hydrogens is 260 g/mol. The standard InChI is InChI=1S/C14H20N2O2S/c1-4-12(15-5-2)10(3)14-11-8-6-7-9-13(11)19(17,18)16-14/h6-10,12,15H,4-5H2,1-3H3. The van der Waals surface area contributed by atoms with E-state index in [4.69, 9.17) is 0 Å². The van der Waals surface area contributed by atoms with Gasteiger partial charge in [-0.3, -0.25) is 0 Å². The van der Waals surface area contributed by atoms with Crippen molar-refractivity contribution in [3.8, 4) is 0 Å². The van der Waals surface area contributed by atoms with Crippen LogP contribution in [0.15, 0.2) is 33.6 Å². The van der Waals surface area contributed by atoms with Crippen LogP contribution >= 0.6 is 0 Å². The second-order valence-corrected chi connectivity index (χ2v) is 6.38. The minimum absolute atomic E-state index is 0.0726. The summed E-state index contributed by atoms with van der Waals surface area (Å²) in [4.78, 5) is 0.336. The molecule has 0 spiro atoms. The molecule has 1 heterocycles. The topological polar surface area (TPSA) is 58.5 Å². The predicted molar refractivity (Wildman–Crippen MR) is 77.1 cm³/mol. The Kier molecular flexibility index (Phi) is 4.06. The van der Waals surface area contributed by atoms with Crippen LogP contribution in [0.25, 0.3) is 0 Å². The molecule has 1 aliphatic heterocycles. The van der Waals surface area contributed by atoms with E-state index < -0.39 is 10.0 Å². The number of benzene rings is 1. The first-order chi connectivity index (χ1) is 9.01. The molecule has 1 aromatic rings. The third kappa shape index (κ3) is 2.58. The molecule has 1 N–H and O–H groups in total. The number of nitrogens with zero attached hydrogens (tertiary/aromatic N) is 1. The Hall–Kier alpha value is -1.20. The molecule has 1 aromatic carbocycles. The Labute approximate surface area is 115 Å². The Bertz CT molecular complexity index is 593. The van der Waals surface area contributed by atoms with Crippen molar-refractivity contribution in [3.05, 3.63) is 29.8 Å². The first-order valence-electron chi connectivity index (χ1n) is 6.69. The summed E-state index contributed by atoms with van der Waals surface area (Å²) >= 11 is 0. The molecule has 2 rings (SSSR count). The van der Waals surface area contributed by atoms with Crippen LogP contribution < -0.4 is 5.32 Å². The average Bonchev–Trinajstić information content (AvgIpc) is 2.68. The summed E-state index contributed by atoms with van der Waals surface area (Å²) < 4.78 is 28.0. The minimum Gasteiger partial charge on any atom is -0.314 e. The highest BCUT2D eigenvalue weighted by atomic mass is 32.2. The lowest BCUT2D eigenvalue weighted by atomic mass is 9.90. The Morgan fingerprint density at radius 3 is 2.58 bits per heavy atom. The van der Waals surface area contributed by atoms with Crippen LogP contribution in [-0.4, -0.2) is 26.7 Å². The molecule has 2 unspecified atom stereocenters. The van der Waals surface area contributed by atoms with Crippen molar-refractivity contribution in [1.29, 1.82) is 0 Å². The van der Waals surface area contributed by atoms with Gasteiger partial charge in [-0.1, -0.05) is 39.0 Å². The Morgan fingerprint density at radius 1 is 1.26 bits per heavy atom. The highest BCUT2D eigenvalue weighted by molar-refractivity contribution is 7.90. The van der Waals surface area contributed by atoms with Crippen molar-refractivity contribution in [1.82, 2.24) is 5.32 Å². The van der Waals surface area contributed by atoms with Gasteiger partial charge in [0.1, 0.15) is 0 Å². The average molecular weight is 280 g/mol. The number of rotatable bonds is 5. The number of nitrogens with one attached hydrogen (secondary N) is 1. The van der Waals surface area contributed by atoms with E-state index in [1.54, 1.807) is 12.1 Å². The van der Waals surface area contributed by atoms with Crippen LogP contribution in [0.4, 0.5) is 0 Å². The van der Waals surface area contributed by atoms with Crippen molar-refractivity contribution >= 4 is 15.7 Å². The van der Waals surface area contributed by atoms with Gasteiger partial charge in [-0.05, 0) is 19.0 Å². The van der Waals surface area contributed by atoms with Gasteiger partial charge in [0.2, 0.25) is 0 Å². The van der Waals surface area contributed by atoms with Crippen LogP contribution in [0.2, 0.25) is 0 Å². The fourth-order valence-corrected chi connectivity index (χ4v) is 3.91. The molecule has 1 aliphatic rings. The molecule has 0 aromatic heterocycles. The van der Waals surface area contributed by atoms with Gasteiger partial charge in [-0.25, -0.2) is 0 Å². The van der Waals surface area contributed by atoms with Crippen molar-refractivity contribution in [2.24, 2.45) is 10.3 Å². The van der Waals surface area contributed by atoms with Crippen molar-refractivity contribution in [3.63, 3.8) is 0 Å². The third-order valence-corrected chi connectivity index (χ3v) is 4.95. The SMILES string of the molecule is CCNC(CC)C(C)C1=NS(=O)(=O)c2ccccc21. The van der Waals surface area contributed by atoms with E-state index in [2.05, 4.69) is 23.6 Å². The van der Waals surface area contributed by atoms with Crippen LogP contribution in [0.5, 0.6) is 0 Å². The first-order valence-corrected chi connectivity index (χ1v) is 8.13. The van der Waals surface area contributed by atoms with Gasteiger partial charge >= 0.3 is 0 Å². The molecule has 19 heavy (non-hydrogen) atoms. The van der Waals surface area contributed by atoms with E-state index in [-0.39, 0.29) is 12.0 Å². The largest absolute Gasteiger partial charge is 0.314 e. The molecule has 0 saturated carbocycles. The fourth-order valence-electron chi connectivity index (χ4n) is 2.59. The van der Waals surface area contributed by atoms with E-state index in [1.807, 2.05) is 19.1 Å². The second-order valence-electron chi connectivity index (χ2n) is 4.81. The zero-order valence-corrected chi connectivity index (χ0v) is 12.4. The highest BCUT2D eigenvalue weighted by Crippen LogP contribution is 2.30. The molecule has 5 heteroatoms. The number of sulfonamides is 1. The monoisotopic (exact) mass is 280 g/mol. The number of fused-ring (bicyclic) bond motifs is 1. The van der Waals surface area contributed by atoms with Gasteiger partial charge in [0.05, 0.1) is 10.6 Å². The van der Waals surface area contributed by atoms with Crippen LogP contribution in [-0.2, 0) is 10.0 Å². The third-order valence-electron chi connectivity index (χ3n) is 3.60. The second kappa shape index (κ2) is 5.43. The maximum atomic E-state index is 12.0. The Morgan fingerprint density at radius 2 is 1.95 bits per heavy atom. The van der Waals surface area contributed by atoms with Crippen LogP contribution in [0, 0.1) is 5.92 Å². The summed E-state index contributed by atoms with van der Waals surface area (Å²) in [6, 6.07) is 7.30. The molecule has 2 atom stereocenters. The molecule has 0 saturated heterocycles. The van der Waals surface area contributed by atoms with E-state index in [0.29, 0.717) is 10.6 Å². The lowest BCUT2D eigenvalue weighted by Crippen LogP contribution is -2.38. The molecule has 0 fully saturated rings. The quantitative estimate of drug-likeness (QED) is 0.899. The molecule has 0 amide bonds. The molecule has 104 valence electrons. The number of hydrogen-bond donors (Lipinski definition) is 1. The van der Waals surface area contributed by atoms with Gasteiger partial charge < -0.3 is 5.32 Å². The Balaban J connectivity index is 2.42. The van der Waals surface area contributed by atoms with Gasteiger partial charge in [0.25, 0.3) is 10.0 Å². The molecule has 0 aliphatic carbocycles. The maximum absolute atomic E-state index is 12.0.